The van der Waals surface area contributed by atoms with E-state index in [1.54, 1.807) is 18.3 Å². The normalized spacial score (nSPS) is 18.9. The summed E-state index contributed by atoms with van der Waals surface area (Å²) in [5.74, 6) is -0.816. The monoisotopic (exact) mass is 223 g/mol. The lowest BCUT2D eigenvalue weighted by Gasteiger charge is -2.20. The molecule has 0 radical (unpaired) electrons. The summed E-state index contributed by atoms with van der Waals surface area (Å²) >= 11 is 0. The summed E-state index contributed by atoms with van der Waals surface area (Å²) in [7, 11) is 1.48. The number of carbonyl (C=O) groups is 1. The van der Waals surface area contributed by atoms with Crippen molar-refractivity contribution in [1.82, 2.24) is 4.98 Å². The third kappa shape index (κ3) is 1.53. The second-order valence-electron chi connectivity index (χ2n) is 3.96. The van der Waals surface area contributed by atoms with Gasteiger partial charge in [-0.3, -0.25) is 0 Å². The molecule has 2 N–H and O–H groups in total. The van der Waals surface area contributed by atoms with Gasteiger partial charge in [0.15, 0.2) is 6.10 Å². The molecular formula is C11H13NO4. The average molecular weight is 223 g/mol. The minimum Gasteiger partial charge on any atom is -0.481 e. The Kier molecular flexibility index (Phi) is 2.55. The largest absolute Gasteiger partial charge is 0.481 e. The van der Waals surface area contributed by atoms with Crippen molar-refractivity contribution in [3.8, 4) is 5.88 Å². The average Bonchev–Trinajstić information content (AvgIpc) is 3.09. The molecule has 1 aliphatic rings. The number of ether oxygens (including phenoxy) is 1. The molecule has 5 heteroatoms. The maximum atomic E-state index is 10.8. The molecule has 2 rings (SSSR count). The Morgan fingerprint density at radius 3 is 2.81 bits per heavy atom. The second kappa shape index (κ2) is 3.75. The van der Waals surface area contributed by atoms with Crippen LogP contribution in [0.2, 0.25) is 0 Å². The zero-order valence-corrected chi connectivity index (χ0v) is 8.88. The molecule has 0 saturated heterocycles. The number of rotatable bonds is 4. The van der Waals surface area contributed by atoms with Crippen LogP contribution >= 0.6 is 0 Å². The Balaban J connectivity index is 2.40. The van der Waals surface area contributed by atoms with Crippen LogP contribution < -0.4 is 4.74 Å². The van der Waals surface area contributed by atoms with Crippen molar-refractivity contribution < 1.29 is 19.7 Å². The predicted octanol–water partition coefficient (Wildman–Crippen LogP) is 0.567. The van der Waals surface area contributed by atoms with E-state index in [4.69, 9.17) is 9.84 Å². The zero-order chi connectivity index (χ0) is 11.8. The third-order valence-electron chi connectivity index (χ3n) is 3.05. The van der Waals surface area contributed by atoms with Crippen LogP contribution in [-0.2, 0) is 10.2 Å². The molecule has 86 valence electrons. The number of pyridine rings is 1. The van der Waals surface area contributed by atoms with Gasteiger partial charge < -0.3 is 14.9 Å². The van der Waals surface area contributed by atoms with E-state index in [0.29, 0.717) is 24.3 Å². The van der Waals surface area contributed by atoms with Gasteiger partial charge in [0, 0.05) is 17.2 Å². The lowest BCUT2D eigenvalue weighted by Crippen LogP contribution is -2.34. The van der Waals surface area contributed by atoms with Crippen LogP contribution in [0.4, 0.5) is 0 Å². The molecule has 1 fully saturated rings. The van der Waals surface area contributed by atoms with Crippen molar-refractivity contribution in [2.24, 2.45) is 0 Å². The zero-order valence-electron chi connectivity index (χ0n) is 8.88. The van der Waals surface area contributed by atoms with Crippen molar-refractivity contribution in [3.05, 3.63) is 23.9 Å². The van der Waals surface area contributed by atoms with Gasteiger partial charge in [0.05, 0.1) is 7.11 Å². The fraction of sp³-hybridized carbons (Fsp3) is 0.455. The van der Waals surface area contributed by atoms with E-state index in [1.165, 1.54) is 7.11 Å². The molecule has 0 spiro atoms. The van der Waals surface area contributed by atoms with Crippen LogP contribution in [-0.4, -0.2) is 34.4 Å². The first-order valence-corrected chi connectivity index (χ1v) is 5.02. The molecule has 5 nitrogen and oxygen atoms in total. The molecule has 1 aromatic rings. The van der Waals surface area contributed by atoms with Crippen molar-refractivity contribution >= 4 is 5.97 Å². The van der Waals surface area contributed by atoms with Gasteiger partial charge in [-0.1, -0.05) is 6.07 Å². The van der Waals surface area contributed by atoms with Gasteiger partial charge >= 0.3 is 5.97 Å². The van der Waals surface area contributed by atoms with Crippen LogP contribution in [0, 0.1) is 0 Å². The second-order valence-corrected chi connectivity index (χ2v) is 3.96. The molecule has 16 heavy (non-hydrogen) atoms. The Morgan fingerprint density at radius 2 is 2.31 bits per heavy atom. The fourth-order valence-corrected chi connectivity index (χ4v) is 1.99. The SMILES string of the molecule is COc1ncccc1C1(C(O)C(=O)O)CC1. The Bertz CT molecular complexity index is 414. The summed E-state index contributed by atoms with van der Waals surface area (Å²) in [6.45, 7) is 0. The number of nitrogens with zero attached hydrogens (tertiary/aromatic N) is 1. The molecule has 1 unspecified atom stereocenters. The number of aliphatic hydroxyl groups is 1. The van der Waals surface area contributed by atoms with Crippen LogP contribution in [0.1, 0.15) is 18.4 Å². The van der Waals surface area contributed by atoms with Crippen molar-refractivity contribution in [2.45, 2.75) is 24.4 Å². The van der Waals surface area contributed by atoms with E-state index in [1.807, 2.05) is 0 Å². The number of carboxylic acid groups (broad SMARTS) is 1. The number of hydrogen-bond acceptors (Lipinski definition) is 4. The lowest BCUT2D eigenvalue weighted by atomic mass is 9.90. The molecule has 1 saturated carbocycles. The molecule has 0 aliphatic heterocycles. The van der Waals surface area contributed by atoms with Crippen LogP contribution in [0.15, 0.2) is 18.3 Å². The first-order valence-electron chi connectivity index (χ1n) is 5.02. The molecule has 1 heterocycles. The van der Waals surface area contributed by atoms with Gasteiger partial charge in [-0.15, -0.1) is 0 Å². The van der Waals surface area contributed by atoms with Crippen LogP contribution in [0.3, 0.4) is 0 Å². The quantitative estimate of drug-likeness (QED) is 0.780. The van der Waals surface area contributed by atoms with Crippen molar-refractivity contribution in [2.75, 3.05) is 7.11 Å². The molecule has 0 bridgehead atoms. The van der Waals surface area contributed by atoms with Crippen LogP contribution in [0.5, 0.6) is 5.88 Å². The highest BCUT2D eigenvalue weighted by Crippen LogP contribution is 2.53. The Morgan fingerprint density at radius 1 is 1.62 bits per heavy atom. The molecule has 0 amide bonds. The predicted molar refractivity (Wildman–Crippen MR) is 55.3 cm³/mol. The number of methoxy groups -OCH3 is 1. The van der Waals surface area contributed by atoms with E-state index in [-0.39, 0.29) is 0 Å². The Labute approximate surface area is 92.7 Å². The standard InChI is InChI=1S/C11H13NO4/c1-16-9-7(3-2-6-12-9)11(4-5-11)8(13)10(14)15/h2-3,6,8,13H,4-5H2,1H3,(H,14,15). The van der Waals surface area contributed by atoms with E-state index >= 15 is 0 Å². The topological polar surface area (TPSA) is 79.7 Å². The fourth-order valence-electron chi connectivity index (χ4n) is 1.99. The summed E-state index contributed by atoms with van der Waals surface area (Å²) in [4.78, 5) is 14.9. The first-order chi connectivity index (χ1) is 7.62. The summed E-state index contributed by atoms with van der Waals surface area (Å²) in [6.07, 6.45) is 1.46. The van der Waals surface area contributed by atoms with E-state index in [9.17, 15) is 9.90 Å². The van der Waals surface area contributed by atoms with Gasteiger partial charge in [-0.25, -0.2) is 9.78 Å². The lowest BCUT2D eigenvalue weighted by molar-refractivity contribution is -0.148. The van der Waals surface area contributed by atoms with Gasteiger partial charge in [-0.2, -0.15) is 0 Å². The molecule has 1 aromatic heterocycles. The van der Waals surface area contributed by atoms with Crippen molar-refractivity contribution in [1.29, 1.82) is 0 Å². The molecular weight excluding hydrogens is 210 g/mol. The van der Waals surface area contributed by atoms with Crippen molar-refractivity contribution in [3.63, 3.8) is 0 Å². The molecule has 0 aromatic carbocycles. The maximum Gasteiger partial charge on any atom is 0.333 e. The third-order valence-corrected chi connectivity index (χ3v) is 3.05. The first kappa shape index (κ1) is 10.9. The summed E-state index contributed by atoms with van der Waals surface area (Å²) < 4.78 is 5.09. The number of hydrogen-bond donors (Lipinski definition) is 2. The number of aliphatic carboxylic acids is 1. The number of aliphatic hydroxyl groups excluding tert-OH is 1. The van der Waals surface area contributed by atoms with Gasteiger partial charge in [0.25, 0.3) is 0 Å². The highest BCUT2D eigenvalue weighted by atomic mass is 16.5. The molecule has 1 atom stereocenters. The summed E-state index contributed by atoms with van der Waals surface area (Å²) in [5.41, 5.74) is -0.0433. The Hall–Kier alpha value is -1.62. The van der Waals surface area contributed by atoms with E-state index in [0.717, 1.165) is 0 Å². The highest BCUT2D eigenvalue weighted by Gasteiger charge is 2.55. The van der Waals surface area contributed by atoms with Gasteiger partial charge in [0.1, 0.15) is 0 Å². The summed E-state index contributed by atoms with van der Waals surface area (Å²) in [6, 6.07) is 3.47. The highest BCUT2D eigenvalue weighted by molar-refractivity contribution is 5.76. The van der Waals surface area contributed by atoms with Gasteiger partial charge in [0.2, 0.25) is 5.88 Å². The maximum absolute atomic E-state index is 10.8. The van der Waals surface area contributed by atoms with Gasteiger partial charge in [-0.05, 0) is 18.9 Å². The smallest absolute Gasteiger partial charge is 0.333 e. The number of aromatic nitrogens is 1. The van der Waals surface area contributed by atoms with E-state index in [2.05, 4.69) is 4.98 Å². The van der Waals surface area contributed by atoms with Crippen LogP contribution in [0.25, 0.3) is 0 Å². The summed E-state index contributed by atoms with van der Waals surface area (Å²) in [5, 5.41) is 18.6. The number of carboxylic acids is 1. The minimum absolute atomic E-state index is 0.389. The van der Waals surface area contributed by atoms with E-state index < -0.39 is 17.5 Å². The molecule has 1 aliphatic carbocycles. The minimum atomic E-state index is -1.40.